The molecule has 9 unspecified atom stereocenters. The Labute approximate surface area is 563 Å². The standard InChI is InChI=1S/C74H138O12Si5/c1-22-87(23-2,24-3)82-65-51-52-67(84-89(28-7,29-8)30-9)68(85-90(31-10,32-11)33-12)53-59(16)57-74(79-21)58-70(86-91(34-13,35-14)36-15)72(73(77)78)69(81-74)54-64(75)50-48-46-44-42-40-38-37-39-41-43-45-47-49-60(17)61(18)62(19)63(20)80-71(76)56-66(55-65)83-88(25-4,26-5)27-6/h37-50,59-70,72,75H,22-36,51-58H2,1-21H3,(H,77,78)/b38-37+,41-39+,42-40+,45-43+,46-44+,49-47+,50-48+/t59?,60-,61?,62+,63-,64?,65?,66?,67?,68?,69-,70-,72?,74?/m0/s1. The monoisotopic (exact) mass is 1360 g/mol. The fraction of sp³-hybridized carbons (Fsp3) is 0.784. The van der Waals surface area contributed by atoms with Crippen LogP contribution < -0.4 is 0 Å². The fourth-order valence-electron chi connectivity index (χ4n) is 14.4. The molecule has 0 aromatic heterocycles. The molecular weight excluding hydrogens is 1220 g/mol. The minimum Gasteiger partial charge on any atom is -0.481 e. The highest BCUT2D eigenvalue weighted by Crippen LogP contribution is 2.45. The number of allylic oxidation sites excluding steroid dienone is 13. The minimum atomic E-state index is -2.38. The molecule has 0 radical (unpaired) electrons. The molecule has 2 aliphatic heterocycles. The number of ether oxygens (including phenoxy) is 3. The van der Waals surface area contributed by atoms with Crippen molar-refractivity contribution in [1.82, 2.24) is 0 Å². The minimum absolute atomic E-state index is 0.0378. The van der Waals surface area contributed by atoms with Gasteiger partial charge in [0.25, 0.3) is 0 Å². The number of carboxylic acid groups (broad SMARTS) is 1. The number of aliphatic hydroxyl groups is 1. The molecule has 0 saturated carbocycles. The molecule has 12 nitrogen and oxygen atoms in total. The van der Waals surface area contributed by atoms with E-state index in [1.54, 1.807) is 19.3 Å². The van der Waals surface area contributed by atoms with Gasteiger partial charge in [-0.2, -0.15) is 0 Å². The maximum absolute atomic E-state index is 14.6. The number of rotatable bonds is 27. The van der Waals surface area contributed by atoms with E-state index in [1.165, 1.54) is 0 Å². The first kappa shape index (κ1) is 85.0. The summed E-state index contributed by atoms with van der Waals surface area (Å²) in [6.07, 6.45) is 27.1. The summed E-state index contributed by atoms with van der Waals surface area (Å²) in [5.74, 6) is -2.86. The predicted molar refractivity (Wildman–Crippen MR) is 395 cm³/mol. The summed E-state index contributed by atoms with van der Waals surface area (Å²) in [5, 5.41) is 23.0. The van der Waals surface area contributed by atoms with Crippen LogP contribution in [0.15, 0.2) is 85.1 Å². The molecule has 1 fully saturated rings. The average molecular weight is 1360 g/mol. The number of hydrogen-bond donors (Lipinski definition) is 2. The second-order valence-corrected chi connectivity index (χ2v) is 51.0. The molecule has 0 aromatic rings. The number of fused-ring (bicyclic) bond motifs is 2. The van der Waals surface area contributed by atoms with E-state index in [2.05, 4.69) is 151 Å². The SMILES string of the molecule is CC[Si](CC)(CC)OC1CCC(O[Si](CC)(CC)CC)C(O[Si](CC)(CC)CC)CC(C)CC2(OC)C[C@H](O[Si](CC)(CC)CC)C(C(=O)O)[C@H](CC(O)/C=C/C=C/C=C/C=C/C=C/C=C/C=C/[C@H](C)C(C)[C@@H](C)[C@H](C)OC(=O)CC(O[Si](CC)(CC)CC)C1)O2. The van der Waals surface area contributed by atoms with Gasteiger partial charge in [-0.15, -0.1) is 0 Å². The van der Waals surface area contributed by atoms with Crippen LogP contribution in [0, 0.1) is 29.6 Å². The summed E-state index contributed by atoms with van der Waals surface area (Å²) in [4.78, 5) is 28.3. The second-order valence-electron chi connectivity index (χ2n) is 27.3. The van der Waals surface area contributed by atoms with Gasteiger partial charge in [-0.1, -0.05) is 217 Å². The van der Waals surface area contributed by atoms with E-state index in [9.17, 15) is 19.8 Å². The Morgan fingerprint density at radius 1 is 0.484 bits per heavy atom. The van der Waals surface area contributed by atoms with Gasteiger partial charge in [0.05, 0.1) is 43.0 Å². The normalized spacial score (nSPS) is 31.8. The van der Waals surface area contributed by atoms with Crippen molar-refractivity contribution in [1.29, 1.82) is 0 Å². The lowest BCUT2D eigenvalue weighted by atomic mass is 9.81. The zero-order valence-electron chi connectivity index (χ0n) is 61.8. The number of carboxylic acids is 1. The molecule has 1 saturated heterocycles. The van der Waals surface area contributed by atoms with Crippen molar-refractivity contribution in [3.63, 3.8) is 0 Å². The van der Waals surface area contributed by atoms with Gasteiger partial charge in [-0.3, -0.25) is 9.59 Å². The van der Waals surface area contributed by atoms with Gasteiger partial charge in [-0.25, -0.2) is 0 Å². The molecular formula is C74H138O12Si5. The van der Waals surface area contributed by atoms with E-state index < -0.39 is 77.6 Å². The van der Waals surface area contributed by atoms with Crippen LogP contribution in [0.3, 0.4) is 0 Å². The van der Waals surface area contributed by atoms with E-state index in [4.69, 9.17) is 36.3 Å². The number of methoxy groups -OCH3 is 1. The van der Waals surface area contributed by atoms with Crippen LogP contribution in [-0.2, 0) is 45.9 Å². The number of aliphatic hydroxyl groups excluding tert-OH is 1. The zero-order valence-corrected chi connectivity index (χ0v) is 66.8. The lowest BCUT2D eigenvalue weighted by molar-refractivity contribution is -0.307. The number of carbonyl (C=O) groups excluding carboxylic acids is 1. The first-order valence-electron chi connectivity index (χ1n) is 36.7. The van der Waals surface area contributed by atoms with E-state index in [0.29, 0.717) is 19.3 Å². The molecule has 2 bridgehead atoms. The third-order valence-electron chi connectivity index (χ3n) is 22.6. The number of esters is 1. The van der Waals surface area contributed by atoms with Gasteiger partial charge in [-0.05, 0) is 147 Å². The third kappa shape index (κ3) is 26.7. The van der Waals surface area contributed by atoms with Gasteiger partial charge in [0, 0.05) is 32.5 Å². The van der Waals surface area contributed by atoms with Crippen molar-refractivity contribution in [3.05, 3.63) is 85.1 Å². The van der Waals surface area contributed by atoms with E-state index in [1.807, 2.05) is 60.8 Å². The van der Waals surface area contributed by atoms with Crippen molar-refractivity contribution in [2.24, 2.45) is 29.6 Å². The summed E-state index contributed by atoms with van der Waals surface area (Å²) in [5.41, 5.74) is 0. The Hall–Kier alpha value is -2.12. The van der Waals surface area contributed by atoms with Crippen molar-refractivity contribution < 1.29 is 56.1 Å². The maximum Gasteiger partial charge on any atom is 0.311 e. The van der Waals surface area contributed by atoms with Crippen LogP contribution >= 0.6 is 0 Å². The second kappa shape index (κ2) is 43.2. The highest BCUT2D eigenvalue weighted by Gasteiger charge is 2.54. The fourth-order valence-corrected chi connectivity index (χ4v) is 28.9. The molecule has 2 heterocycles. The van der Waals surface area contributed by atoms with Gasteiger partial charge in [0.1, 0.15) is 12.0 Å². The topological polar surface area (TPSA) is 148 Å². The predicted octanol–water partition coefficient (Wildman–Crippen LogP) is 20.2. The lowest BCUT2D eigenvalue weighted by Gasteiger charge is -2.50. The van der Waals surface area contributed by atoms with Crippen LogP contribution in [0.5, 0.6) is 0 Å². The summed E-state index contributed by atoms with van der Waals surface area (Å²) in [6.45, 7) is 45.1. The number of carbonyl (C=O) groups is 2. The van der Waals surface area contributed by atoms with Gasteiger partial charge in [0.2, 0.25) is 0 Å². The van der Waals surface area contributed by atoms with Crippen molar-refractivity contribution in [2.45, 2.75) is 335 Å². The van der Waals surface area contributed by atoms with Crippen LogP contribution in [0.4, 0.5) is 0 Å². The average Bonchev–Trinajstić information content (AvgIpc) is 0.831. The van der Waals surface area contributed by atoms with E-state index in [0.717, 1.165) is 104 Å². The summed E-state index contributed by atoms with van der Waals surface area (Å²) in [7, 11) is -9.78. The van der Waals surface area contributed by atoms with E-state index >= 15 is 0 Å². The molecule has 14 atom stereocenters. The zero-order chi connectivity index (χ0) is 68.5. The summed E-state index contributed by atoms with van der Waals surface area (Å²) < 4.78 is 58.7. The molecule has 0 amide bonds. The highest BCUT2D eigenvalue weighted by atomic mass is 28.4. The molecule has 2 rings (SSSR count). The highest BCUT2D eigenvalue weighted by molar-refractivity contribution is 6.75. The Bertz CT molecular complexity index is 2190. The van der Waals surface area contributed by atoms with Crippen molar-refractivity contribution in [3.8, 4) is 0 Å². The largest absolute Gasteiger partial charge is 0.481 e. The molecule has 526 valence electrons. The van der Waals surface area contributed by atoms with E-state index in [-0.39, 0.29) is 79.4 Å². The Morgan fingerprint density at radius 3 is 1.29 bits per heavy atom. The molecule has 2 N–H and O–H groups in total. The Morgan fingerprint density at radius 2 is 0.868 bits per heavy atom. The molecule has 0 aromatic carbocycles. The maximum atomic E-state index is 14.6. The Balaban J connectivity index is 3.11. The first-order valence-corrected chi connectivity index (χ1v) is 49.4. The first-order chi connectivity index (χ1) is 43.3. The lowest BCUT2D eigenvalue weighted by Crippen LogP contribution is -2.59. The van der Waals surface area contributed by atoms with Gasteiger partial charge >= 0.3 is 11.9 Å². The molecule has 0 aliphatic carbocycles. The van der Waals surface area contributed by atoms with Crippen LogP contribution in [-0.4, -0.2) is 125 Å². The van der Waals surface area contributed by atoms with Crippen molar-refractivity contribution >= 4 is 53.5 Å². The quantitative estimate of drug-likeness (QED) is 0.0596. The van der Waals surface area contributed by atoms with Gasteiger partial charge < -0.3 is 46.6 Å². The summed E-state index contributed by atoms with van der Waals surface area (Å²) >= 11 is 0. The molecule has 91 heavy (non-hydrogen) atoms. The number of aliphatic carboxylic acids is 1. The Kier molecular flexibility index (Phi) is 40.4. The van der Waals surface area contributed by atoms with Gasteiger partial charge in [0.15, 0.2) is 47.4 Å². The molecule has 2 aliphatic rings. The van der Waals surface area contributed by atoms with Crippen LogP contribution in [0.2, 0.25) is 90.7 Å². The summed E-state index contributed by atoms with van der Waals surface area (Å²) in [6, 6.07) is 14.4. The number of cyclic esters (lactones) is 1. The van der Waals surface area contributed by atoms with Crippen LogP contribution in [0.25, 0.3) is 0 Å². The smallest absolute Gasteiger partial charge is 0.311 e. The third-order valence-corrected chi connectivity index (χ3v) is 46.0. The van der Waals surface area contributed by atoms with Crippen molar-refractivity contribution in [2.75, 3.05) is 7.11 Å². The molecule has 0 spiro atoms. The molecule has 17 heteroatoms. The number of hydrogen-bond acceptors (Lipinski definition) is 11. The van der Waals surface area contributed by atoms with Crippen LogP contribution in [0.1, 0.15) is 190 Å².